The number of carbonyl (C=O) groups excluding carboxylic acids is 1. The molecule has 2 aromatic rings. The van der Waals surface area contributed by atoms with Crippen LogP contribution in [0.15, 0.2) is 24.5 Å². The Kier molecular flexibility index (Phi) is 2.28. The van der Waals surface area contributed by atoms with E-state index in [9.17, 15) is 13.6 Å². The summed E-state index contributed by atoms with van der Waals surface area (Å²) < 4.78 is 28.9. The van der Waals surface area contributed by atoms with Gasteiger partial charge in [0.2, 0.25) is 0 Å². The van der Waals surface area contributed by atoms with Crippen LogP contribution in [0, 0.1) is 11.3 Å². The molecule has 1 aliphatic heterocycles. The second kappa shape index (κ2) is 3.78. The van der Waals surface area contributed by atoms with Gasteiger partial charge in [0.25, 0.3) is 11.8 Å². The van der Waals surface area contributed by atoms with Gasteiger partial charge in [0.1, 0.15) is 5.52 Å². The van der Waals surface area contributed by atoms with Crippen molar-refractivity contribution in [1.82, 2.24) is 19.7 Å². The zero-order chi connectivity index (χ0) is 14.8. The first-order valence-corrected chi connectivity index (χ1v) is 6.91. The molecule has 2 unspecified atom stereocenters. The van der Waals surface area contributed by atoms with Crippen LogP contribution in [0.3, 0.4) is 0 Å². The van der Waals surface area contributed by atoms with Crippen molar-refractivity contribution in [2.75, 3.05) is 13.1 Å². The van der Waals surface area contributed by atoms with Crippen LogP contribution in [-0.2, 0) is 0 Å². The molecule has 0 bridgehead atoms. The average Bonchev–Trinajstić information content (AvgIpc) is 2.79. The molecule has 1 saturated heterocycles. The number of fused-ring (bicyclic) bond motifs is 2. The number of alkyl halides is 2. The monoisotopic (exact) mass is 292 g/mol. The van der Waals surface area contributed by atoms with Crippen molar-refractivity contribution in [1.29, 1.82) is 0 Å². The van der Waals surface area contributed by atoms with Gasteiger partial charge in [-0.15, -0.1) is 0 Å². The number of piperidine rings is 1. The number of nitrogens with zero attached hydrogens (tertiary/aromatic N) is 4. The van der Waals surface area contributed by atoms with E-state index < -0.39 is 17.3 Å². The van der Waals surface area contributed by atoms with E-state index >= 15 is 0 Å². The van der Waals surface area contributed by atoms with E-state index in [2.05, 4.69) is 10.2 Å². The van der Waals surface area contributed by atoms with Crippen molar-refractivity contribution in [2.45, 2.75) is 19.3 Å². The minimum absolute atomic E-state index is 0.111. The molecule has 0 aromatic carbocycles. The van der Waals surface area contributed by atoms with E-state index in [-0.39, 0.29) is 12.5 Å². The highest BCUT2D eigenvalue weighted by atomic mass is 19.3. The van der Waals surface area contributed by atoms with Gasteiger partial charge < -0.3 is 4.90 Å². The molecular weight excluding hydrogens is 278 g/mol. The standard InChI is InChI=1S/C14H14F2N4O/c1-13-4-6-19(8-11(13)14(13,15)16)12(21)9-7-18-20-10(9)3-2-5-17-20/h2-3,5,7,11H,4,6,8H2,1H3. The molecule has 0 N–H and O–H groups in total. The van der Waals surface area contributed by atoms with E-state index in [0.29, 0.717) is 24.0 Å². The molecule has 1 amide bonds. The first-order valence-electron chi connectivity index (χ1n) is 6.91. The molecule has 0 radical (unpaired) electrons. The number of aromatic nitrogens is 3. The minimum Gasteiger partial charge on any atom is -0.338 e. The number of hydrogen-bond donors (Lipinski definition) is 0. The predicted octanol–water partition coefficient (Wildman–Crippen LogP) is 1.85. The van der Waals surface area contributed by atoms with E-state index in [1.165, 1.54) is 15.7 Å². The summed E-state index contributed by atoms with van der Waals surface area (Å²) in [5.41, 5.74) is 0.0842. The number of halogens is 2. The number of likely N-dealkylation sites (tertiary alicyclic amines) is 1. The second-order valence-electron chi connectivity index (χ2n) is 6.05. The second-order valence-corrected chi connectivity index (χ2v) is 6.05. The quantitative estimate of drug-likeness (QED) is 0.806. The summed E-state index contributed by atoms with van der Waals surface area (Å²) in [5.74, 6) is -3.62. The normalized spacial score (nSPS) is 30.2. The van der Waals surface area contributed by atoms with Crippen molar-refractivity contribution >= 4 is 11.4 Å². The molecule has 1 aliphatic carbocycles. The molecule has 1 saturated carbocycles. The zero-order valence-corrected chi connectivity index (χ0v) is 11.5. The molecule has 2 aliphatic rings. The number of hydrogen-bond acceptors (Lipinski definition) is 3. The minimum atomic E-state index is -2.65. The third kappa shape index (κ3) is 1.51. The van der Waals surface area contributed by atoms with Crippen molar-refractivity contribution in [2.24, 2.45) is 11.3 Å². The summed E-state index contributed by atoms with van der Waals surface area (Å²) in [6.07, 6.45) is 3.36. The smallest absolute Gasteiger partial charge is 0.259 e. The molecule has 0 spiro atoms. The summed E-state index contributed by atoms with van der Waals surface area (Å²) in [7, 11) is 0. The summed E-state index contributed by atoms with van der Waals surface area (Å²) in [5, 5.41) is 8.02. The Morgan fingerprint density at radius 2 is 2.24 bits per heavy atom. The van der Waals surface area contributed by atoms with Crippen molar-refractivity contribution in [3.05, 3.63) is 30.1 Å². The molecule has 21 heavy (non-hydrogen) atoms. The van der Waals surface area contributed by atoms with Gasteiger partial charge in [-0.2, -0.15) is 14.8 Å². The van der Waals surface area contributed by atoms with E-state index in [1.807, 2.05) is 0 Å². The number of amides is 1. The van der Waals surface area contributed by atoms with Gasteiger partial charge in [0, 0.05) is 24.7 Å². The summed E-state index contributed by atoms with van der Waals surface area (Å²) in [6, 6.07) is 3.46. The predicted molar refractivity (Wildman–Crippen MR) is 70.1 cm³/mol. The number of rotatable bonds is 1. The third-order valence-corrected chi connectivity index (χ3v) is 5.01. The van der Waals surface area contributed by atoms with Gasteiger partial charge in [0.05, 0.1) is 17.7 Å². The third-order valence-electron chi connectivity index (χ3n) is 5.01. The van der Waals surface area contributed by atoms with E-state index in [4.69, 9.17) is 0 Å². The van der Waals surface area contributed by atoms with Crippen LogP contribution in [0.5, 0.6) is 0 Å². The van der Waals surface area contributed by atoms with Crippen LogP contribution >= 0.6 is 0 Å². The van der Waals surface area contributed by atoms with Crippen molar-refractivity contribution in [3.8, 4) is 0 Å². The Bertz CT molecular complexity index is 743. The molecule has 2 atom stereocenters. The molecule has 7 heteroatoms. The van der Waals surface area contributed by atoms with Gasteiger partial charge in [-0.1, -0.05) is 6.92 Å². The Hall–Kier alpha value is -2.05. The lowest BCUT2D eigenvalue weighted by atomic mass is 9.97. The molecule has 5 nitrogen and oxygen atoms in total. The highest BCUT2D eigenvalue weighted by Gasteiger charge is 2.78. The maximum Gasteiger partial charge on any atom is 0.259 e. The van der Waals surface area contributed by atoms with Gasteiger partial charge in [-0.3, -0.25) is 4.79 Å². The lowest BCUT2D eigenvalue weighted by Gasteiger charge is -2.28. The van der Waals surface area contributed by atoms with Crippen LogP contribution in [0.2, 0.25) is 0 Å². The van der Waals surface area contributed by atoms with Crippen molar-refractivity contribution in [3.63, 3.8) is 0 Å². The van der Waals surface area contributed by atoms with Crippen LogP contribution < -0.4 is 0 Å². The maximum atomic E-state index is 13.8. The molecule has 2 aromatic heterocycles. The topological polar surface area (TPSA) is 50.5 Å². The fourth-order valence-electron chi connectivity index (χ4n) is 3.36. The molecular formula is C14H14F2N4O. The average molecular weight is 292 g/mol. The van der Waals surface area contributed by atoms with Gasteiger partial charge in [0.15, 0.2) is 0 Å². The summed E-state index contributed by atoms with van der Waals surface area (Å²) in [4.78, 5) is 14.1. The number of carbonyl (C=O) groups is 1. The van der Waals surface area contributed by atoms with Crippen molar-refractivity contribution < 1.29 is 13.6 Å². The largest absolute Gasteiger partial charge is 0.338 e. The van der Waals surface area contributed by atoms with Crippen LogP contribution in [0.1, 0.15) is 23.7 Å². The molecule has 3 heterocycles. The first-order chi connectivity index (χ1) is 9.95. The highest BCUT2D eigenvalue weighted by molar-refractivity contribution is 6.00. The maximum absolute atomic E-state index is 13.8. The Balaban J connectivity index is 1.62. The lowest BCUT2D eigenvalue weighted by Crippen LogP contribution is -2.38. The zero-order valence-electron chi connectivity index (χ0n) is 11.5. The van der Waals surface area contributed by atoms with E-state index in [0.717, 1.165) is 0 Å². The van der Waals surface area contributed by atoms with Gasteiger partial charge >= 0.3 is 0 Å². The molecule has 2 fully saturated rings. The van der Waals surface area contributed by atoms with Crippen LogP contribution in [0.25, 0.3) is 5.52 Å². The SMILES string of the molecule is CC12CCN(C(=O)c3cnn4ncccc34)CC1C2(F)F. The van der Waals surface area contributed by atoms with Gasteiger partial charge in [-0.25, -0.2) is 8.78 Å². The molecule has 110 valence electrons. The Labute approximate surface area is 119 Å². The fourth-order valence-corrected chi connectivity index (χ4v) is 3.36. The van der Waals surface area contributed by atoms with Crippen LogP contribution in [-0.4, -0.2) is 44.6 Å². The Morgan fingerprint density at radius 1 is 1.43 bits per heavy atom. The Morgan fingerprint density at radius 3 is 3.00 bits per heavy atom. The highest BCUT2D eigenvalue weighted by Crippen LogP contribution is 2.69. The lowest BCUT2D eigenvalue weighted by molar-refractivity contribution is 0.0635. The fraction of sp³-hybridized carbons (Fsp3) is 0.500. The first kappa shape index (κ1) is 12.7. The summed E-state index contributed by atoms with van der Waals surface area (Å²) >= 11 is 0. The van der Waals surface area contributed by atoms with Gasteiger partial charge in [-0.05, 0) is 18.6 Å². The van der Waals surface area contributed by atoms with E-state index in [1.54, 1.807) is 25.3 Å². The summed E-state index contributed by atoms with van der Waals surface area (Å²) in [6.45, 7) is 2.08. The molecule has 4 rings (SSSR count). The van der Waals surface area contributed by atoms with Crippen LogP contribution in [0.4, 0.5) is 8.78 Å².